The van der Waals surface area contributed by atoms with Crippen LogP contribution in [0, 0.1) is 0 Å². The number of nitrogens with one attached hydrogen (secondary N) is 1. The normalized spacial score (nSPS) is 10.1. The van der Waals surface area contributed by atoms with E-state index in [1.807, 2.05) is 13.0 Å². The van der Waals surface area contributed by atoms with E-state index in [2.05, 4.69) is 5.32 Å². The minimum absolute atomic E-state index is 0.0914. The Labute approximate surface area is 135 Å². The molecule has 122 valence electrons. The summed E-state index contributed by atoms with van der Waals surface area (Å²) in [7, 11) is 1.55. The number of ether oxygens (including phenoxy) is 2. The maximum absolute atomic E-state index is 11.7. The molecule has 0 aromatic heterocycles. The fourth-order valence-corrected chi connectivity index (χ4v) is 2.04. The molecule has 0 unspecified atom stereocenters. The third-order valence-corrected chi connectivity index (χ3v) is 3.34. The van der Waals surface area contributed by atoms with Gasteiger partial charge in [0.05, 0.1) is 18.7 Å². The Morgan fingerprint density at radius 2 is 2.09 bits per heavy atom. The van der Waals surface area contributed by atoms with Crippen LogP contribution in [-0.4, -0.2) is 32.1 Å². The molecular formula is C16H22ClNO4. The van der Waals surface area contributed by atoms with Crippen molar-refractivity contribution in [3.8, 4) is 5.75 Å². The molecule has 0 fully saturated rings. The first-order valence-electron chi connectivity index (χ1n) is 7.31. The average molecular weight is 328 g/mol. The van der Waals surface area contributed by atoms with E-state index >= 15 is 0 Å². The summed E-state index contributed by atoms with van der Waals surface area (Å²) in [6.07, 6.45) is 2.62. The Balaban J connectivity index is 2.28. The fraction of sp³-hybridized carbons (Fsp3) is 0.500. The lowest BCUT2D eigenvalue weighted by molar-refractivity contribution is -0.144. The molecule has 0 aliphatic carbocycles. The van der Waals surface area contributed by atoms with Crippen LogP contribution in [0.3, 0.4) is 0 Å². The first-order valence-corrected chi connectivity index (χ1v) is 7.69. The molecule has 0 saturated heterocycles. The lowest BCUT2D eigenvalue weighted by Crippen LogP contribution is -2.30. The SMILES string of the molecule is CCCCOC(=O)CNC(=O)CCc1ccc(OC)c(Cl)c1. The van der Waals surface area contributed by atoms with E-state index in [1.54, 1.807) is 19.2 Å². The Bertz CT molecular complexity index is 505. The summed E-state index contributed by atoms with van der Waals surface area (Å²) in [6.45, 7) is 2.32. The zero-order valence-corrected chi connectivity index (χ0v) is 13.7. The molecule has 1 aromatic carbocycles. The molecule has 6 heteroatoms. The first-order chi connectivity index (χ1) is 10.6. The van der Waals surface area contributed by atoms with E-state index in [0.29, 0.717) is 23.8 Å². The summed E-state index contributed by atoms with van der Waals surface area (Å²) in [5.41, 5.74) is 0.937. The Morgan fingerprint density at radius 1 is 1.32 bits per heavy atom. The average Bonchev–Trinajstić information content (AvgIpc) is 2.51. The van der Waals surface area contributed by atoms with E-state index in [-0.39, 0.29) is 18.9 Å². The molecule has 0 aliphatic rings. The van der Waals surface area contributed by atoms with E-state index in [0.717, 1.165) is 18.4 Å². The van der Waals surface area contributed by atoms with E-state index in [9.17, 15) is 9.59 Å². The van der Waals surface area contributed by atoms with Crippen molar-refractivity contribution in [3.05, 3.63) is 28.8 Å². The Kier molecular flexibility index (Phi) is 8.36. The smallest absolute Gasteiger partial charge is 0.325 e. The minimum Gasteiger partial charge on any atom is -0.495 e. The second kappa shape index (κ2) is 10.1. The lowest BCUT2D eigenvalue weighted by Gasteiger charge is -2.07. The summed E-state index contributed by atoms with van der Waals surface area (Å²) in [6, 6.07) is 5.39. The number of amides is 1. The van der Waals surface area contributed by atoms with Crippen LogP contribution in [0.4, 0.5) is 0 Å². The highest BCUT2D eigenvalue weighted by Crippen LogP contribution is 2.25. The number of esters is 1. The largest absolute Gasteiger partial charge is 0.495 e. The number of methoxy groups -OCH3 is 1. The quantitative estimate of drug-likeness (QED) is 0.559. The van der Waals surface area contributed by atoms with Crippen molar-refractivity contribution >= 4 is 23.5 Å². The second-order valence-electron chi connectivity index (χ2n) is 4.82. The van der Waals surface area contributed by atoms with Crippen molar-refractivity contribution in [2.75, 3.05) is 20.3 Å². The van der Waals surface area contributed by atoms with Gasteiger partial charge in [0.2, 0.25) is 5.91 Å². The minimum atomic E-state index is -0.408. The topological polar surface area (TPSA) is 64.6 Å². The molecule has 5 nitrogen and oxygen atoms in total. The number of hydrogen-bond donors (Lipinski definition) is 1. The number of halogens is 1. The molecule has 0 atom stereocenters. The summed E-state index contributed by atoms with van der Waals surface area (Å²) in [5.74, 6) is -0.00151. The zero-order chi connectivity index (χ0) is 16.4. The molecule has 0 spiro atoms. The van der Waals surface area contributed by atoms with Gasteiger partial charge in [-0.1, -0.05) is 31.0 Å². The summed E-state index contributed by atoms with van der Waals surface area (Å²) >= 11 is 6.02. The van der Waals surface area contributed by atoms with Crippen LogP contribution in [-0.2, 0) is 20.7 Å². The van der Waals surface area contributed by atoms with Gasteiger partial charge in [-0.3, -0.25) is 9.59 Å². The molecule has 1 rings (SSSR count). The van der Waals surface area contributed by atoms with Crippen molar-refractivity contribution in [2.24, 2.45) is 0 Å². The Hall–Kier alpha value is -1.75. The standard InChI is InChI=1S/C16H22ClNO4/c1-3-4-9-22-16(20)11-18-15(19)8-6-12-5-7-14(21-2)13(17)10-12/h5,7,10H,3-4,6,8-9,11H2,1-2H3,(H,18,19). The number of unbranched alkanes of at least 4 members (excludes halogenated alkanes) is 1. The monoisotopic (exact) mass is 327 g/mol. The second-order valence-corrected chi connectivity index (χ2v) is 5.23. The van der Waals surface area contributed by atoms with E-state index in [4.69, 9.17) is 21.1 Å². The van der Waals surface area contributed by atoms with Crippen molar-refractivity contribution in [2.45, 2.75) is 32.6 Å². The number of rotatable bonds is 9. The molecule has 1 aromatic rings. The maximum Gasteiger partial charge on any atom is 0.325 e. The third kappa shape index (κ3) is 6.80. The zero-order valence-electron chi connectivity index (χ0n) is 13.0. The highest BCUT2D eigenvalue weighted by molar-refractivity contribution is 6.32. The van der Waals surface area contributed by atoms with Crippen molar-refractivity contribution in [3.63, 3.8) is 0 Å². The predicted molar refractivity (Wildman–Crippen MR) is 85.2 cm³/mol. The molecule has 0 heterocycles. The number of aryl methyl sites for hydroxylation is 1. The van der Waals surface area contributed by atoms with Gasteiger partial charge in [0.15, 0.2) is 0 Å². The molecule has 1 amide bonds. The third-order valence-electron chi connectivity index (χ3n) is 3.05. The van der Waals surface area contributed by atoms with Gasteiger partial charge >= 0.3 is 5.97 Å². The highest BCUT2D eigenvalue weighted by Gasteiger charge is 2.08. The summed E-state index contributed by atoms with van der Waals surface area (Å²) < 4.78 is 10.0. The predicted octanol–water partition coefficient (Wildman–Crippen LogP) is 2.74. The van der Waals surface area contributed by atoms with Gasteiger partial charge in [-0.15, -0.1) is 0 Å². The van der Waals surface area contributed by atoms with Gasteiger partial charge in [0.25, 0.3) is 0 Å². The van der Waals surface area contributed by atoms with Crippen LogP contribution < -0.4 is 10.1 Å². The number of benzene rings is 1. The van der Waals surface area contributed by atoms with Crippen LogP contribution in [0.2, 0.25) is 5.02 Å². The van der Waals surface area contributed by atoms with Crippen LogP contribution in [0.5, 0.6) is 5.75 Å². The van der Waals surface area contributed by atoms with E-state index in [1.165, 1.54) is 0 Å². The number of hydrogen-bond acceptors (Lipinski definition) is 4. The maximum atomic E-state index is 11.7. The fourth-order valence-electron chi connectivity index (χ4n) is 1.76. The summed E-state index contributed by atoms with van der Waals surface area (Å²) in [4.78, 5) is 23.0. The Morgan fingerprint density at radius 3 is 2.73 bits per heavy atom. The molecule has 0 saturated carbocycles. The van der Waals surface area contributed by atoms with Gasteiger partial charge < -0.3 is 14.8 Å². The van der Waals surface area contributed by atoms with Gasteiger partial charge in [-0.25, -0.2) is 0 Å². The van der Waals surface area contributed by atoms with E-state index < -0.39 is 5.97 Å². The lowest BCUT2D eigenvalue weighted by atomic mass is 10.1. The summed E-state index contributed by atoms with van der Waals surface area (Å²) in [5, 5.41) is 3.06. The molecule has 0 aliphatic heterocycles. The van der Waals surface area contributed by atoms with Gasteiger partial charge in [0, 0.05) is 6.42 Å². The van der Waals surface area contributed by atoms with Crippen LogP contribution >= 0.6 is 11.6 Å². The molecule has 0 bridgehead atoms. The van der Waals surface area contributed by atoms with Gasteiger partial charge in [-0.05, 0) is 30.5 Å². The van der Waals surface area contributed by atoms with Crippen molar-refractivity contribution in [1.82, 2.24) is 5.32 Å². The van der Waals surface area contributed by atoms with Crippen LogP contribution in [0.1, 0.15) is 31.7 Å². The number of carbonyl (C=O) groups excluding carboxylic acids is 2. The molecule has 1 N–H and O–H groups in total. The van der Waals surface area contributed by atoms with Crippen LogP contribution in [0.15, 0.2) is 18.2 Å². The van der Waals surface area contributed by atoms with Crippen molar-refractivity contribution in [1.29, 1.82) is 0 Å². The van der Waals surface area contributed by atoms with Gasteiger partial charge in [0.1, 0.15) is 12.3 Å². The molecule has 0 radical (unpaired) electrons. The highest BCUT2D eigenvalue weighted by atomic mass is 35.5. The van der Waals surface area contributed by atoms with Gasteiger partial charge in [-0.2, -0.15) is 0 Å². The van der Waals surface area contributed by atoms with Crippen molar-refractivity contribution < 1.29 is 19.1 Å². The molecule has 22 heavy (non-hydrogen) atoms. The van der Waals surface area contributed by atoms with Crippen LogP contribution in [0.25, 0.3) is 0 Å². The first kappa shape index (κ1) is 18.3. The molecular weight excluding hydrogens is 306 g/mol. The number of carbonyl (C=O) groups is 2.